The Morgan fingerprint density at radius 1 is 1.16 bits per heavy atom. The number of carbonyl (C=O) groups is 3. The van der Waals surface area contributed by atoms with Crippen LogP contribution in [0.25, 0.3) is 0 Å². The molecule has 1 N–H and O–H groups in total. The number of nitrogens with zero attached hydrogens (tertiary/aromatic N) is 1. The Balaban J connectivity index is 1.61. The minimum Gasteiger partial charge on any atom is -0.326 e. The second-order valence-corrected chi connectivity index (χ2v) is 7.09. The number of fused-ring (bicyclic) bond motifs is 1. The molecule has 3 rings (SSSR count). The molecule has 2 fully saturated rings. The number of anilines is 1. The molecule has 0 bridgehead atoms. The summed E-state index contributed by atoms with van der Waals surface area (Å²) in [5.74, 6) is -0.598. The summed E-state index contributed by atoms with van der Waals surface area (Å²) >= 11 is 0. The zero-order valence-corrected chi connectivity index (χ0v) is 15.0. The lowest BCUT2D eigenvalue weighted by Gasteiger charge is -2.19. The van der Waals surface area contributed by atoms with E-state index < -0.39 is 0 Å². The number of aryl methyl sites for hydroxylation is 2. The predicted molar refractivity (Wildman–Crippen MR) is 96.0 cm³/mol. The molecular weight excluding hydrogens is 316 g/mol. The first kappa shape index (κ1) is 17.6. The third kappa shape index (κ3) is 3.46. The van der Waals surface area contributed by atoms with Crippen LogP contribution in [0.5, 0.6) is 0 Å². The third-order valence-corrected chi connectivity index (χ3v) is 5.50. The highest BCUT2D eigenvalue weighted by Gasteiger charge is 2.47. The van der Waals surface area contributed by atoms with Crippen LogP contribution in [-0.4, -0.2) is 29.2 Å². The van der Waals surface area contributed by atoms with E-state index >= 15 is 0 Å². The highest BCUT2D eigenvalue weighted by Crippen LogP contribution is 2.38. The van der Waals surface area contributed by atoms with Crippen LogP contribution in [0.4, 0.5) is 5.69 Å². The molecule has 25 heavy (non-hydrogen) atoms. The lowest BCUT2D eigenvalue weighted by atomic mass is 9.81. The van der Waals surface area contributed by atoms with E-state index in [-0.39, 0.29) is 42.5 Å². The van der Waals surface area contributed by atoms with Gasteiger partial charge in [0.1, 0.15) is 0 Å². The highest BCUT2D eigenvalue weighted by atomic mass is 16.2. The topological polar surface area (TPSA) is 66.5 Å². The number of para-hydroxylation sites is 1. The first-order chi connectivity index (χ1) is 12.0. The van der Waals surface area contributed by atoms with Gasteiger partial charge in [0.25, 0.3) is 0 Å². The average Bonchev–Trinajstić information content (AvgIpc) is 2.86. The van der Waals surface area contributed by atoms with Crippen LogP contribution >= 0.6 is 0 Å². The fraction of sp³-hybridized carbons (Fsp3) is 0.550. The molecular formula is C20H26N2O3. The summed E-state index contributed by atoms with van der Waals surface area (Å²) in [5.41, 5.74) is 2.96. The Labute approximate surface area is 148 Å². The van der Waals surface area contributed by atoms with Gasteiger partial charge in [-0.15, -0.1) is 0 Å². The van der Waals surface area contributed by atoms with Crippen LogP contribution in [0.15, 0.2) is 18.2 Å². The van der Waals surface area contributed by atoms with Gasteiger partial charge in [-0.1, -0.05) is 38.0 Å². The van der Waals surface area contributed by atoms with Crippen molar-refractivity contribution >= 4 is 23.4 Å². The largest absolute Gasteiger partial charge is 0.326 e. The number of nitrogens with one attached hydrogen (secondary N) is 1. The predicted octanol–water partition coefficient (Wildman–Crippen LogP) is 3.06. The molecule has 5 heteroatoms. The molecule has 1 saturated heterocycles. The van der Waals surface area contributed by atoms with Gasteiger partial charge in [0, 0.05) is 18.7 Å². The number of imide groups is 1. The van der Waals surface area contributed by atoms with E-state index in [0.29, 0.717) is 0 Å². The summed E-state index contributed by atoms with van der Waals surface area (Å²) in [5, 5.41) is 2.96. The van der Waals surface area contributed by atoms with E-state index in [1.807, 2.05) is 32.0 Å². The zero-order chi connectivity index (χ0) is 18.0. The van der Waals surface area contributed by atoms with Gasteiger partial charge >= 0.3 is 0 Å². The standard InChI is InChI=1S/C20H26N2O3/c1-3-14-8-6-7-13(2)18(14)21-17(23)11-12-22-19(24)15-9-4-5-10-16(15)20(22)25/h6-8,15-16H,3-5,9-12H2,1-2H3,(H,21,23)/t15-,16-/m1/s1. The quantitative estimate of drug-likeness (QED) is 0.836. The number of carbonyl (C=O) groups excluding carboxylic acids is 3. The van der Waals surface area contributed by atoms with Crippen molar-refractivity contribution in [1.82, 2.24) is 4.90 Å². The maximum Gasteiger partial charge on any atom is 0.233 e. The molecule has 0 spiro atoms. The van der Waals surface area contributed by atoms with Gasteiger partial charge in [-0.2, -0.15) is 0 Å². The molecule has 1 aromatic rings. The van der Waals surface area contributed by atoms with Crippen molar-refractivity contribution in [3.63, 3.8) is 0 Å². The number of amides is 3. The maximum absolute atomic E-state index is 12.4. The average molecular weight is 342 g/mol. The van der Waals surface area contributed by atoms with Gasteiger partial charge in [0.2, 0.25) is 17.7 Å². The van der Waals surface area contributed by atoms with Gasteiger partial charge in [0.15, 0.2) is 0 Å². The monoisotopic (exact) mass is 342 g/mol. The number of hydrogen-bond acceptors (Lipinski definition) is 3. The van der Waals surface area contributed by atoms with Crippen LogP contribution in [0.1, 0.15) is 50.2 Å². The van der Waals surface area contributed by atoms with E-state index in [1.54, 1.807) is 0 Å². The molecule has 1 aliphatic carbocycles. The van der Waals surface area contributed by atoms with Gasteiger partial charge in [-0.3, -0.25) is 19.3 Å². The molecule has 1 heterocycles. The SMILES string of the molecule is CCc1cccc(C)c1NC(=O)CCN1C(=O)[C@@H]2CCCC[C@H]2C1=O. The van der Waals surface area contributed by atoms with Crippen LogP contribution < -0.4 is 5.32 Å². The Bertz CT molecular complexity index is 674. The van der Waals surface area contributed by atoms with Crippen LogP contribution in [-0.2, 0) is 20.8 Å². The Hall–Kier alpha value is -2.17. The van der Waals surface area contributed by atoms with E-state index in [9.17, 15) is 14.4 Å². The van der Waals surface area contributed by atoms with E-state index in [1.165, 1.54) is 4.90 Å². The minimum atomic E-state index is -0.153. The molecule has 1 aromatic carbocycles. The number of benzene rings is 1. The molecule has 0 radical (unpaired) electrons. The molecule has 3 amide bonds. The molecule has 5 nitrogen and oxygen atoms in total. The van der Waals surface area contributed by atoms with E-state index in [2.05, 4.69) is 5.32 Å². The van der Waals surface area contributed by atoms with Crippen molar-refractivity contribution in [3.8, 4) is 0 Å². The first-order valence-corrected chi connectivity index (χ1v) is 9.26. The van der Waals surface area contributed by atoms with Crippen LogP contribution in [0.3, 0.4) is 0 Å². The Morgan fingerprint density at radius 2 is 1.80 bits per heavy atom. The molecule has 2 atom stereocenters. The zero-order valence-electron chi connectivity index (χ0n) is 15.0. The second kappa shape index (κ2) is 7.38. The van der Waals surface area contributed by atoms with Crippen LogP contribution in [0, 0.1) is 18.8 Å². The highest BCUT2D eigenvalue weighted by molar-refractivity contribution is 6.05. The van der Waals surface area contributed by atoms with Gasteiger partial charge in [-0.25, -0.2) is 0 Å². The number of rotatable bonds is 5. The molecule has 134 valence electrons. The second-order valence-electron chi connectivity index (χ2n) is 7.09. The van der Waals surface area contributed by atoms with Crippen molar-refractivity contribution in [2.45, 2.75) is 52.4 Å². The third-order valence-electron chi connectivity index (χ3n) is 5.50. The summed E-state index contributed by atoms with van der Waals surface area (Å²) < 4.78 is 0. The molecule has 0 unspecified atom stereocenters. The normalized spacial score (nSPS) is 22.9. The summed E-state index contributed by atoms with van der Waals surface area (Å²) in [7, 11) is 0. The Morgan fingerprint density at radius 3 is 2.40 bits per heavy atom. The first-order valence-electron chi connectivity index (χ1n) is 9.26. The van der Waals surface area contributed by atoms with Gasteiger partial charge in [-0.05, 0) is 37.3 Å². The number of hydrogen-bond donors (Lipinski definition) is 1. The van der Waals surface area contributed by atoms with Gasteiger partial charge in [0.05, 0.1) is 11.8 Å². The lowest BCUT2D eigenvalue weighted by Crippen LogP contribution is -2.34. The number of likely N-dealkylation sites (tertiary alicyclic amines) is 1. The van der Waals surface area contributed by atoms with Crippen molar-refractivity contribution in [1.29, 1.82) is 0 Å². The fourth-order valence-electron chi connectivity index (χ4n) is 4.07. The molecule has 0 aromatic heterocycles. The Kier molecular flexibility index (Phi) is 5.21. The minimum absolute atomic E-state index is 0.0763. The molecule has 1 saturated carbocycles. The molecule has 1 aliphatic heterocycles. The fourth-order valence-corrected chi connectivity index (χ4v) is 4.07. The summed E-state index contributed by atoms with van der Waals surface area (Å²) in [4.78, 5) is 38.6. The van der Waals surface area contributed by atoms with E-state index in [4.69, 9.17) is 0 Å². The van der Waals surface area contributed by atoms with Gasteiger partial charge < -0.3 is 5.32 Å². The maximum atomic E-state index is 12.4. The van der Waals surface area contributed by atoms with E-state index in [0.717, 1.165) is 48.9 Å². The summed E-state index contributed by atoms with van der Waals surface area (Å²) in [6.07, 6.45) is 4.63. The molecule has 2 aliphatic rings. The van der Waals surface area contributed by atoms with Crippen molar-refractivity contribution in [2.24, 2.45) is 11.8 Å². The summed E-state index contributed by atoms with van der Waals surface area (Å²) in [6, 6.07) is 5.95. The lowest BCUT2D eigenvalue weighted by molar-refractivity contribution is -0.140. The van der Waals surface area contributed by atoms with Crippen molar-refractivity contribution in [2.75, 3.05) is 11.9 Å². The summed E-state index contributed by atoms with van der Waals surface area (Å²) in [6.45, 7) is 4.20. The van der Waals surface area contributed by atoms with Crippen molar-refractivity contribution in [3.05, 3.63) is 29.3 Å². The smallest absolute Gasteiger partial charge is 0.233 e. The van der Waals surface area contributed by atoms with Crippen molar-refractivity contribution < 1.29 is 14.4 Å². The van der Waals surface area contributed by atoms with Crippen LogP contribution in [0.2, 0.25) is 0 Å².